The topological polar surface area (TPSA) is 190 Å². The fourth-order valence-electron chi connectivity index (χ4n) is 23.0. The van der Waals surface area contributed by atoms with E-state index in [1.165, 1.54) is 113 Å². The van der Waals surface area contributed by atoms with Gasteiger partial charge in [-0.05, 0) is 261 Å². The molecule has 12 atom stereocenters. The van der Waals surface area contributed by atoms with E-state index in [1.807, 2.05) is 80.3 Å². The van der Waals surface area contributed by atoms with Gasteiger partial charge in [0.25, 0.3) is 0 Å². The molecule has 141 heavy (non-hydrogen) atoms. The third kappa shape index (κ3) is 23.7. The maximum atomic E-state index is 13.6. The summed E-state index contributed by atoms with van der Waals surface area (Å²) in [4.78, 5) is 70.3. The minimum atomic E-state index is -0.359. The molecule has 8 heterocycles. The monoisotopic (exact) mass is 1900 g/mol. The summed E-state index contributed by atoms with van der Waals surface area (Å²) in [7, 11) is 5.31. The third-order valence-electron chi connectivity index (χ3n) is 30.3. The highest BCUT2D eigenvalue weighted by molar-refractivity contribution is 5.92. The highest BCUT2D eigenvalue weighted by atomic mass is 19.1. The minimum Gasteiger partial charge on any atom is -0.395 e. The molecule has 0 aromatic heterocycles. The summed E-state index contributed by atoms with van der Waals surface area (Å²) in [5, 5.41) is 22.2. The molecule has 8 fully saturated rings. The number of nitrogens with one attached hydrogen (secondary N) is 4. The summed E-state index contributed by atoms with van der Waals surface area (Å²) < 4.78 is 43.8. The maximum absolute atomic E-state index is 13.6. The van der Waals surface area contributed by atoms with Crippen molar-refractivity contribution in [3.8, 4) is 44.5 Å². The van der Waals surface area contributed by atoms with Gasteiger partial charge in [-0.25, -0.2) is 28.0 Å². The highest BCUT2D eigenvalue weighted by Crippen LogP contribution is 2.48. The smallest absolute Gasteiger partial charge is 0.321 e. The average Bonchev–Trinajstić information content (AvgIpc) is 0.753. The van der Waals surface area contributed by atoms with Crippen LogP contribution in [0.1, 0.15) is 120 Å². The Morgan fingerprint density at radius 3 is 0.809 bits per heavy atom. The van der Waals surface area contributed by atoms with Gasteiger partial charge >= 0.3 is 24.1 Å². The molecule has 8 aliphatic rings. The number of fused-ring (bicyclic) bond motifs is 4. The zero-order valence-corrected chi connectivity index (χ0v) is 82.4. The van der Waals surface area contributed by atoms with Gasteiger partial charge in [-0.2, -0.15) is 0 Å². The number of nitrogens with zero attached hydrogens (tertiary/aromatic N) is 8. The number of benzene rings is 12. The number of aliphatic hydroxyl groups is 1. The summed E-state index contributed by atoms with van der Waals surface area (Å²) in [5.41, 5.74) is 22.9. The van der Waals surface area contributed by atoms with E-state index >= 15 is 0 Å². The van der Waals surface area contributed by atoms with Crippen LogP contribution in [-0.2, 0) is 14.2 Å². The van der Waals surface area contributed by atoms with Gasteiger partial charge in [0.1, 0.15) is 11.6 Å². The van der Waals surface area contributed by atoms with Gasteiger partial charge in [-0.1, -0.05) is 237 Å². The molecule has 734 valence electrons. The van der Waals surface area contributed by atoms with Crippen LogP contribution in [0, 0.1) is 39.3 Å². The van der Waals surface area contributed by atoms with Crippen molar-refractivity contribution in [3.63, 3.8) is 0 Å². The molecule has 8 amide bonds. The fourth-order valence-corrected chi connectivity index (χ4v) is 23.0. The SMILES string of the molecule is COC[C@@H]1[C@H](c2ccc(-c3ccccc3C)cc2)[C@@H]2CN(C(=O)Nc3ccc(F)cc3)CCCCN12.COC[C@@H]1[C@H](c2ccc(-c3ccccc3C)cc2)[C@@H]2CN(C(=O)Nc3cccc(F)c3)CCCCN12.COC[C@@H]1[C@H](c2ccc(-c3ccccc3C)cc2)[C@@H]2CN(C(=O)Nc3ccccc3)CCCCN12.Cc1ccccc1-c1ccc([C@H]2[C@@H](CO)N3CCCCN(C(=O)Nc4ccccc4)C[C@@H]23)cc1. The Morgan fingerprint density at radius 2 is 0.532 bits per heavy atom. The summed E-state index contributed by atoms with van der Waals surface area (Å²) in [5.74, 6) is 0.438. The number of aryl methyl sites for hydroxylation is 4. The third-order valence-corrected chi connectivity index (χ3v) is 30.3. The molecule has 12 aromatic carbocycles. The molecule has 0 bridgehead atoms. The van der Waals surface area contributed by atoms with Gasteiger partial charge in [-0.3, -0.25) is 19.6 Å². The van der Waals surface area contributed by atoms with Crippen LogP contribution in [0.4, 0.5) is 50.7 Å². The molecule has 20 nitrogen and oxygen atoms in total. The largest absolute Gasteiger partial charge is 0.395 e. The van der Waals surface area contributed by atoms with Crippen molar-refractivity contribution in [3.05, 3.63) is 359 Å². The van der Waals surface area contributed by atoms with Gasteiger partial charge in [0.15, 0.2) is 0 Å². The molecule has 5 N–H and O–H groups in total. The number of methoxy groups -OCH3 is 3. The standard InChI is InChI=1S/2C30H34FN3O2.C30H35N3O2.C29H33N3O2/c1-21-8-3-4-11-26(21)22-12-14-23(15-13-22)29-27-19-33(16-5-6-17-34(27)28(29)20-36-2)30(35)32-25-10-7-9-24(31)18-25;1-21-7-3-4-8-26(21)22-9-11-23(12-10-22)29-27-19-33(17-5-6-18-34(27)28(29)20-36-2)30(35)32-25-15-13-24(31)14-16-25;1-22-10-6-7-13-26(22)23-14-16-24(17-15-23)29-27-20-32(30(34)31-25-11-4-3-5-12-25)18-8-9-19-33(27)28(29)21-35-2;1-21-9-5-6-12-25(21)22-13-15-23(16-14-22)28-26-19-31(17-7-8-18-32(26)27(28)20-33)29(34)30-24-10-3-2-4-11-24/h3-4,7-15,18,27-29H,5-6,16-17,19-20H2,1-2H3,(H,32,35);3-4,7-16,27-29H,5-6,17-20H2,1-2H3,(H,32,35);3-7,10-17,27-29H,8-9,18-21H2,1-2H3,(H,31,34);2-6,9-16,26-28,33H,7-8,17-20H2,1H3,(H,30,34)/t3*27-,28+,29+;26-,27+,28+/m0000/s1. The lowest BCUT2D eigenvalue weighted by Gasteiger charge is -2.57. The van der Waals surface area contributed by atoms with Crippen LogP contribution in [0.3, 0.4) is 0 Å². The predicted octanol–water partition coefficient (Wildman–Crippen LogP) is 22.7. The normalized spacial score (nSPS) is 22.4. The van der Waals surface area contributed by atoms with Crippen LogP contribution in [0.25, 0.3) is 44.5 Å². The van der Waals surface area contributed by atoms with Crippen molar-refractivity contribution >= 4 is 46.9 Å². The van der Waals surface area contributed by atoms with Crippen molar-refractivity contribution in [2.75, 3.05) is 148 Å². The summed E-state index contributed by atoms with van der Waals surface area (Å²) >= 11 is 0. The van der Waals surface area contributed by atoms with Crippen LogP contribution in [0.15, 0.2) is 303 Å². The quantitative estimate of drug-likeness (QED) is 0.0516. The zero-order chi connectivity index (χ0) is 97.8. The molecular weight excluding hydrogens is 1760 g/mol. The van der Waals surface area contributed by atoms with E-state index in [-0.39, 0.29) is 90.3 Å². The van der Waals surface area contributed by atoms with Gasteiger partial charge in [0, 0.05) is 168 Å². The second-order valence-corrected chi connectivity index (χ2v) is 39.0. The number of hydrogen-bond acceptors (Lipinski definition) is 12. The Morgan fingerprint density at radius 1 is 0.284 bits per heavy atom. The van der Waals surface area contributed by atoms with E-state index in [4.69, 9.17) is 14.2 Å². The minimum absolute atomic E-state index is 0.0121. The lowest BCUT2D eigenvalue weighted by molar-refractivity contribution is -0.0663. The van der Waals surface area contributed by atoms with E-state index in [0.29, 0.717) is 88.0 Å². The molecule has 8 aliphatic heterocycles. The Balaban J connectivity index is 0.000000130. The van der Waals surface area contributed by atoms with E-state index in [1.54, 1.807) is 45.6 Å². The Bertz CT molecular complexity index is 6110. The lowest BCUT2D eigenvalue weighted by Crippen LogP contribution is -2.68. The van der Waals surface area contributed by atoms with Gasteiger partial charge in [0.05, 0.1) is 26.4 Å². The number of anilines is 4. The van der Waals surface area contributed by atoms with Crippen molar-refractivity contribution in [1.82, 2.24) is 39.2 Å². The average molecular weight is 1900 g/mol. The highest BCUT2D eigenvalue weighted by Gasteiger charge is 2.54. The number of para-hydroxylation sites is 2. The molecule has 0 radical (unpaired) electrons. The number of rotatable bonds is 19. The molecule has 8 saturated heterocycles. The lowest BCUT2D eigenvalue weighted by atomic mass is 9.74. The second-order valence-electron chi connectivity index (χ2n) is 39.0. The van der Waals surface area contributed by atoms with Crippen molar-refractivity contribution in [1.29, 1.82) is 0 Å². The number of urea groups is 4. The predicted molar refractivity (Wildman–Crippen MR) is 562 cm³/mol. The van der Waals surface area contributed by atoms with Crippen LogP contribution in [-0.4, -0.2) is 243 Å². The number of halogens is 2. The second kappa shape index (κ2) is 47.7. The van der Waals surface area contributed by atoms with Crippen molar-refractivity contribution in [2.24, 2.45) is 0 Å². The Labute approximate surface area is 831 Å². The zero-order valence-electron chi connectivity index (χ0n) is 82.4. The number of aliphatic hydroxyl groups excluding tert-OH is 1. The first-order chi connectivity index (χ1) is 68.9. The molecule has 12 aromatic rings. The van der Waals surface area contributed by atoms with E-state index in [9.17, 15) is 33.1 Å². The number of amides is 8. The molecular formula is C119H136F2N12O8. The first-order valence-corrected chi connectivity index (χ1v) is 50.5. The first-order valence-electron chi connectivity index (χ1n) is 50.5. The van der Waals surface area contributed by atoms with E-state index in [2.05, 4.69) is 263 Å². The summed E-state index contributed by atoms with van der Waals surface area (Å²) in [6.07, 6.45) is 8.06. The van der Waals surface area contributed by atoms with Crippen molar-refractivity contribution < 1.29 is 47.3 Å². The van der Waals surface area contributed by atoms with E-state index < -0.39 is 0 Å². The van der Waals surface area contributed by atoms with Crippen molar-refractivity contribution in [2.45, 2.75) is 151 Å². The van der Waals surface area contributed by atoms with Crippen LogP contribution >= 0.6 is 0 Å². The van der Waals surface area contributed by atoms with Crippen LogP contribution in [0.2, 0.25) is 0 Å². The molecule has 0 saturated carbocycles. The van der Waals surface area contributed by atoms with Crippen LogP contribution < -0.4 is 21.3 Å². The molecule has 20 rings (SSSR count). The van der Waals surface area contributed by atoms with E-state index in [0.717, 1.165) is 109 Å². The maximum Gasteiger partial charge on any atom is 0.321 e. The summed E-state index contributed by atoms with van der Waals surface area (Å²) in [6, 6.07) is 102. The number of carbonyl (C=O) groups excluding carboxylic acids is 4. The number of carbonyl (C=O) groups is 4. The van der Waals surface area contributed by atoms with Crippen LogP contribution in [0.5, 0.6) is 0 Å². The number of hydrogen-bond donors (Lipinski definition) is 5. The first kappa shape index (κ1) is 99.8. The molecule has 0 spiro atoms. The Hall–Kier alpha value is -12.7. The fraction of sp³-hybridized carbons (Fsp3) is 0.361. The van der Waals surface area contributed by atoms with Gasteiger partial charge in [-0.15, -0.1) is 0 Å². The Kier molecular flexibility index (Phi) is 33.8. The molecule has 0 aliphatic carbocycles. The van der Waals surface area contributed by atoms with Gasteiger partial charge < -0.3 is 60.2 Å². The molecule has 0 unspecified atom stereocenters. The molecule has 22 heteroatoms. The summed E-state index contributed by atoms with van der Waals surface area (Å²) in [6.45, 7) is 20.4. The van der Waals surface area contributed by atoms with Gasteiger partial charge in [0.2, 0.25) is 0 Å². The number of ether oxygens (including phenoxy) is 3.